The topological polar surface area (TPSA) is 56.9 Å². The molecule has 1 aliphatic heterocycles. The minimum absolute atomic E-state index is 0.00745. The van der Waals surface area contributed by atoms with Gasteiger partial charge in [0.2, 0.25) is 0 Å². The normalized spacial score (nSPS) is 19.2. The molecule has 4 heteroatoms. The van der Waals surface area contributed by atoms with Crippen molar-refractivity contribution in [2.24, 2.45) is 0 Å². The van der Waals surface area contributed by atoms with E-state index < -0.39 is 0 Å². The predicted octanol–water partition coefficient (Wildman–Crippen LogP) is 2.27. The van der Waals surface area contributed by atoms with E-state index >= 15 is 0 Å². The number of aromatic nitrogens is 1. The summed E-state index contributed by atoms with van der Waals surface area (Å²) in [5, 5.41) is 7.54. The summed E-state index contributed by atoms with van der Waals surface area (Å²) in [4.78, 5) is 15.5. The van der Waals surface area contributed by atoms with Crippen molar-refractivity contribution in [2.45, 2.75) is 32.7 Å². The maximum absolute atomic E-state index is 12.3. The van der Waals surface area contributed by atoms with Crippen LogP contribution < -0.4 is 10.6 Å². The van der Waals surface area contributed by atoms with Crippen molar-refractivity contribution in [3.63, 3.8) is 0 Å². The number of benzene rings is 1. The number of amides is 1. The van der Waals surface area contributed by atoms with Gasteiger partial charge in [0.1, 0.15) is 5.69 Å². The van der Waals surface area contributed by atoms with E-state index in [1.165, 1.54) is 11.1 Å². The third-order valence-corrected chi connectivity index (χ3v) is 4.22. The van der Waals surface area contributed by atoms with Gasteiger partial charge in [-0.2, -0.15) is 0 Å². The van der Waals surface area contributed by atoms with Gasteiger partial charge in [-0.1, -0.05) is 6.07 Å². The van der Waals surface area contributed by atoms with Gasteiger partial charge in [0, 0.05) is 23.5 Å². The predicted molar refractivity (Wildman–Crippen MR) is 81.1 cm³/mol. The molecule has 1 amide bonds. The lowest BCUT2D eigenvalue weighted by molar-refractivity contribution is 0.0926. The van der Waals surface area contributed by atoms with Crippen LogP contribution in [0, 0.1) is 13.8 Å². The highest BCUT2D eigenvalue weighted by atomic mass is 16.1. The smallest absolute Gasteiger partial charge is 0.267 e. The summed E-state index contributed by atoms with van der Waals surface area (Å²) in [6.45, 7) is 6.11. The van der Waals surface area contributed by atoms with Crippen LogP contribution in [0.25, 0.3) is 10.9 Å². The van der Waals surface area contributed by atoms with Crippen LogP contribution in [0.5, 0.6) is 0 Å². The molecule has 0 saturated carbocycles. The Morgan fingerprint density at radius 3 is 2.95 bits per heavy atom. The van der Waals surface area contributed by atoms with E-state index in [1.807, 2.05) is 12.1 Å². The fourth-order valence-corrected chi connectivity index (χ4v) is 2.82. The molecule has 1 aliphatic rings. The van der Waals surface area contributed by atoms with E-state index in [2.05, 4.69) is 35.5 Å². The Kier molecular flexibility index (Phi) is 3.49. The molecule has 1 atom stereocenters. The molecule has 1 saturated heterocycles. The van der Waals surface area contributed by atoms with Gasteiger partial charge < -0.3 is 15.6 Å². The molecule has 1 aromatic carbocycles. The number of fused-ring (bicyclic) bond motifs is 1. The van der Waals surface area contributed by atoms with Crippen molar-refractivity contribution in [2.75, 3.05) is 13.1 Å². The van der Waals surface area contributed by atoms with Gasteiger partial charge in [0.25, 0.3) is 5.91 Å². The monoisotopic (exact) mass is 271 g/mol. The fourth-order valence-electron chi connectivity index (χ4n) is 2.82. The Hall–Kier alpha value is -1.81. The van der Waals surface area contributed by atoms with Crippen molar-refractivity contribution >= 4 is 16.8 Å². The molecular formula is C16H21N3O. The number of rotatable bonds is 2. The number of carbonyl (C=O) groups excluding carboxylic acids is 1. The van der Waals surface area contributed by atoms with Crippen molar-refractivity contribution in [3.05, 3.63) is 35.0 Å². The Morgan fingerprint density at radius 1 is 1.35 bits per heavy atom. The highest BCUT2D eigenvalue weighted by Crippen LogP contribution is 2.22. The molecule has 1 unspecified atom stereocenters. The van der Waals surface area contributed by atoms with Crippen LogP contribution in [0.15, 0.2) is 18.2 Å². The highest BCUT2D eigenvalue weighted by Gasteiger charge is 2.18. The van der Waals surface area contributed by atoms with Crippen LogP contribution in [0.4, 0.5) is 0 Å². The molecule has 0 aliphatic carbocycles. The first-order valence-corrected chi connectivity index (χ1v) is 7.25. The summed E-state index contributed by atoms with van der Waals surface area (Å²) >= 11 is 0. The lowest BCUT2D eigenvalue weighted by Gasteiger charge is -2.23. The molecule has 0 bridgehead atoms. The first kappa shape index (κ1) is 13.2. The molecule has 106 valence electrons. The lowest BCUT2D eigenvalue weighted by atomic mass is 10.1. The van der Waals surface area contributed by atoms with E-state index in [4.69, 9.17) is 0 Å². The number of aryl methyl sites for hydroxylation is 2. The largest absolute Gasteiger partial charge is 0.351 e. The van der Waals surface area contributed by atoms with Crippen LogP contribution >= 0.6 is 0 Å². The lowest BCUT2D eigenvalue weighted by Crippen LogP contribution is -2.45. The quantitative estimate of drug-likeness (QED) is 0.785. The average molecular weight is 271 g/mol. The molecule has 0 radical (unpaired) electrons. The van der Waals surface area contributed by atoms with Crippen LogP contribution in [-0.2, 0) is 0 Å². The second kappa shape index (κ2) is 5.29. The van der Waals surface area contributed by atoms with E-state index in [0.29, 0.717) is 5.69 Å². The van der Waals surface area contributed by atoms with Gasteiger partial charge in [-0.15, -0.1) is 0 Å². The molecule has 20 heavy (non-hydrogen) atoms. The maximum atomic E-state index is 12.3. The summed E-state index contributed by atoms with van der Waals surface area (Å²) in [5.74, 6) is -0.00745. The second-order valence-corrected chi connectivity index (χ2v) is 5.67. The van der Waals surface area contributed by atoms with Crippen molar-refractivity contribution in [1.29, 1.82) is 0 Å². The van der Waals surface area contributed by atoms with Gasteiger partial charge in [0.05, 0.1) is 0 Å². The van der Waals surface area contributed by atoms with Crippen LogP contribution in [0.3, 0.4) is 0 Å². The van der Waals surface area contributed by atoms with Crippen molar-refractivity contribution in [3.8, 4) is 0 Å². The number of piperidine rings is 1. The zero-order chi connectivity index (χ0) is 14.1. The summed E-state index contributed by atoms with van der Waals surface area (Å²) in [5.41, 5.74) is 4.16. The van der Waals surface area contributed by atoms with Crippen molar-refractivity contribution in [1.82, 2.24) is 15.6 Å². The Morgan fingerprint density at radius 2 is 2.20 bits per heavy atom. The minimum Gasteiger partial charge on any atom is -0.351 e. The first-order valence-electron chi connectivity index (χ1n) is 7.25. The standard InChI is InChI=1S/C16H21N3O/c1-10-5-6-14-13(11(10)2)8-15(19-14)16(20)18-12-4-3-7-17-9-12/h5-6,8,12,17,19H,3-4,7,9H2,1-2H3,(H,18,20). The SMILES string of the molecule is Cc1ccc2[nH]c(C(=O)NC3CCCNC3)cc2c1C. The molecular weight excluding hydrogens is 250 g/mol. The third kappa shape index (κ3) is 2.43. The van der Waals surface area contributed by atoms with Gasteiger partial charge in [-0.05, 0) is 56.5 Å². The summed E-state index contributed by atoms with van der Waals surface area (Å²) < 4.78 is 0. The van der Waals surface area contributed by atoms with Gasteiger partial charge >= 0.3 is 0 Å². The van der Waals surface area contributed by atoms with Crippen LogP contribution in [-0.4, -0.2) is 30.0 Å². The number of hydrogen-bond donors (Lipinski definition) is 3. The van der Waals surface area contributed by atoms with Crippen LogP contribution in [0.2, 0.25) is 0 Å². The average Bonchev–Trinajstić information content (AvgIpc) is 2.89. The third-order valence-electron chi connectivity index (χ3n) is 4.22. The molecule has 3 rings (SSSR count). The van der Waals surface area contributed by atoms with E-state index in [9.17, 15) is 4.79 Å². The number of nitrogens with one attached hydrogen (secondary N) is 3. The fraction of sp³-hybridized carbons (Fsp3) is 0.438. The number of H-pyrrole nitrogens is 1. The molecule has 4 nitrogen and oxygen atoms in total. The zero-order valence-corrected chi connectivity index (χ0v) is 12.0. The molecule has 2 aromatic rings. The summed E-state index contributed by atoms with van der Waals surface area (Å²) in [6.07, 6.45) is 2.17. The molecule has 0 spiro atoms. The summed E-state index contributed by atoms with van der Waals surface area (Å²) in [7, 11) is 0. The van der Waals surface area contributed by atoms with E-state index in [-0.39, 0.29) is 11.9 Å². The van der Waals surface area contributed by atoms with Gasteiger partial charge in [-0.3, -0.25) is 4.79 Å². The van der Waals surface area contributed by atoms with E-state index in [1.54, 1.807) is 0 Å². The number of carbonyl (C=O) groups is 1. The molecule has 1 fully saturated rings. The summed E-state index contributed by atoms with van der Waals surface area (Å²) in [6, 6.07) is 6.33. The van der Waals surface area contributed by atoms with E-state index in [0.717, 1.165) is 36.8 Å². The highest BCUT2D eigenvalue weighted by molar-refractivity contribution is 5.99. The Bertz CT molecular complexity index is 638. The second-order valence-electron chi connectivity index (χ2n) is 5.67. The Labute approximate surface area is 118 Å². The molecule has 3 N–H and O–H groups in total. The number of hydrogen-bond acceptors (Lipinski definition) is 2. The minimum atomic E-state index is -0.00745. The Balaban J connectivity index is 1.82. The molecule has 1 aromatic heterocycles. The maximum Gasteiger partial charge on any atom is 0.267 e. The number of aromatic amines is 1. The zero-order valence-electron chi connectivity index (χ0n) is 12.0. The molecule has 2 heterocycles. The van der Waals surface area contributed by atoms with Crippen molar-refractivity contribution < 1.29 is 4.79 Å². The van der Waals surface area contributed by atoms with Gasteiger partial charge in [0.15, 0.2) is 0 Å². The van der Waals surface area contributed by atoms with Gasteiger partial charge in [-0.25, -0.2) is 0 Å². The van der Waals surface area contributed by atoms with Crippen LogP contribution in [0.1, 0.15) is 34.5 Å². The first-order chi connectivity index (χ1) is 9.65.